The van der Waals surface area contributed by atoms with E-state index in [-0.39, 0.29) is 23.3 Å². The predicted octanol–water partition coefficient (Wildman–Crippen LogP) is 3.34. The van der Waals surface area contributed by atoms with Crippen molar-refractivity contribution in [2.75, 3.05) is 20.2 Å². The molecule has 32 heavy (non-hydrogen) atoms. The number of ether oxygens (including phenoxy) is 1. The van der Waals surface area contributed by atoms with Gasteiger partial charge in [0.2, 0.25) is 0 Å². The number of piperidine rings is 1. The van der Waals surface area contributed by atoms with Crippen LogP contribution in [0.3, 0.4) is 0 Å². The third-order valence-corrected chi connectivity index (χ3v) is 5.76. The van der Waals surface area contributed by atoms with Crippen molar-refractivity contribution in [1.29, 1.82) is 5.26 Å². The van der Waals surface area contributed by atoms with Gasteiger partial charge < -0.3 is 19.9 Å². The first-order valence-corrected chi connectivity index (χ1v) is 10.4. The van der Waals surface area contributed by atoms with E-state index < -0.39 is 5.82 Å². The lowest BCUT2D eigenvalue weighted by atomic mass is 10.0. The minimum atomic E-state index is -0.633. The van der Waals surface area contributed by atoms with E-state index in [2.05, 4.69) is 4.98 Å². The second-order valence-electron chi connectivity index (χ2n) is 7.88. The second kappa shape index (κ2) is 8.81. The van der Waals surface area contributed by atoms with Gasteiger partial charge in [-0.3, -0.25) is 4.79 Å². The van der Waals surface area contributed by atoms with Gasteiger partial charge in [-0.25, -0.2) is 9.37 Å². The van der Waals surface area contributed by atoms with Crippen LogP contribution in [0.15, 0.2) is 42.5 Å². The van der Waals surface area contributed by atoms with Gasteiger partial charge in [-0.2, -0.15) is 5.26 Å². The smallest absolute Gasteiger partial charge is 0.289 e. The van der Waals surface area contributed by atoms with Crippen molar-refractivity contribution >= 4 is 5.91 Å². The number of nitriles is 1. The number of amides is 1. The third-order valence-electron chi connectivity index (χ3n) is 5.76. The maximum absolute atomic E-state index is 14.4. The van der Waals surface area contributed by atoms with E-state index in [1.165, 1.54) is 12.1 Å². The summed E-state index contributed by atoms with van der Waals surface area (Å²) in [5, 5.41) is 9.07. The average molecular weight is 433 g/mol. The number of nitrogens with zero attached hydrogens (tertiary/aromatic N) is 4. The van der Waals surface area contributed by atoms with Crippen LogP contribution in [0.25, 0.3) is 22.5 Å². The van der Waals surface area contributed by atoms with E-state index >= 15 is 0 Å². The number of carbonyl (C=O) groups excluding carboxylic acids is 1. The van der Waals surface area contributed by atoms with E-state index in [1.807, 2.05) is 30.3 Å². The Morgan fingerprint density at radius 1 is 1.25 bits per heavy atom. The van der Waals surface area contributed by atoms with Crippen LogP contribution in [0, 0.1) is 17.1 Å². The van der Waals surface area contributed by atoms with Crippen LogP contribution in [-0.4, -0.2) is 46.6 Å². The summed E-state index contributed by atoms with van der Waals surface area (Å²) in [5.41, 5.74) is 8.44. The first-order valence-electron chi connectivity index (χ1n) is 10.4. The highest BCUT2D eigenvalue weighted by atomic mass is 19.1. The molecule has 1 aliphatic rings. The molecule has 7 nitrogen and oxygen atoms in total. The number of hydrogen-bond donors (Lipinski definition) is 1. The maximum atomic E-state index is 14.4. The van der Waals surface area contributed by atoms with Crippen LogP contribution in [0.2, 0.25) is 0 Å². The number of imidazole rings is 1. The van der Waals surface area contributed by atoms with Gasteiger partial charge in [0.25, 0.3) is 5.91 Å². The van der Waals surface area contributed by atoms with Crippen molar-refractivity contribution in [2.24, 2.45) is 12.8 Å². The molecule has 2 heterocycles. The Morgan fingerprint density at radius 2 is 1.97 bits per heavy atom. The molecule has 0 spiro atoms. The Bertz CT molecular complexity index is 1200. The Kier molecular flexibility index (Phi) is 5.93. The van der Waals surface area contributed by atoms with Gasteiger partial charge in [0.15, 0.2) is 5.82 Å². The number of methoxy groups -OCH3 is 1. The largest absolute Gasteiger partial charge is 0.497 e. The summed E-state index contributed by atoms with van der Waals surface area (Å²) >= 11 is 0. The lowest BCUT2D eigenvalue weighted by molar-refractivity contribution is 0.0693. The summed E-state index contributed by atoms with van der Waals surface area (Å²) in [7, 11) is 3.36. The van der Waals surface area contributed by atoms with E-state index in [0.29, 0.717) is 35.8 Å². The summed E-state index contributed by atoms with van der Waals surface area (Å²) in [6.07, 6.45) is 1.73. The predicted molar refractivity (Wildman–Crippen MR) is 118 cm³/mol. The highest BCUT2D eigenvalue weighted by Crippen LogP contribution is 2.34. The fourth-order valence-electron chi connectivity index (χ4n) is 4.06. The molecule has 0 radical (unpaired) electrons. The normalized spacial score (nSPS) is 16.0. The zero-order valence-corrected chi connectivity index (χ0v) is 18.0. The molecule has 1 saturated heterocycles. The average Bonchev–Trinajstić information content (AvgIpc) is 3.15. The number of nitrogens with two attached hydrogens (primary N) is 1. The molecule has 1 fully saturated rings. The number of hydrogen-bond acceptors (Lipinski definition) is 5. The minimum Gasteiger partial charge on any atom is -0.497 e. The zero-order chi connectivity index (χ0) is 22.8. The number of carbonyl (C=O) groups is 1. The van der Waals surface area contributed by atoms with Crippen LogP contribution in [-0.2, 0) is 7.05 Å². The van der Waals surface area contributed by atoms with Gasteiger partial charge in [0.05, 0.1) is 24.1 Å². The van der Waals surface area contributed by atoms with Crippen molar-refractivity contribution in [2.45, 2.75) is 18.9 Å². The molecule has 4 rings (SSSR count). The molecule has 1 aromatic heterocycles. The topological polar surface area (TPSA) is 97.2 Å². The molecular weight excluding hydrogens is 409 g/mol. The zero-order valence-electron chi connectivity index (χ0n) is 18.0. The van der Waals surface area contributed by atoms with Gasteiger partial charge in [-0.05, 0) is 49.2 Å². The van der Waals surface area contributed by atoms with Crippen LogP contribution >= 0.6 is 0 Å². The summed E-state index contributed by atoms with van der Waals surface area (Å²) in [6, 6.07) is 13.5. The number of likely N-dealkylation sites (tertiary alicyclic amines) is 1. The summed E-state index contributed by atoms with van der Waals surface area (Å²) in [4.78, 5) is 19.7. The fraction of sp³-hybridized carbons (Fsp3) is 0.292. The Hall–Kier alpha value is -3.70. The van der Waals surface area contributed by atoms with Crippen molar-refractivity contribution in [3.63, 3.8) is 0 Å². The fourth-order valence-corrected chi connectivity index (χ4v) is 4.06. The highest BCUT2D eigenvalue weighted by molar-refractivity contribution is 5.94. The SMILES string of the molecule is COc1ccc(-c2c(-c3ccc(C#N)c(F)c3)nc(C(=O)N3CCC[C@@H](N)C3)n2C)cc1. The van der Waals surface area contributed by atoms with E-state index in [4.69, 9.17) is 15.7 Å². The van der Waals surface area contributed by atoms with Crippen LogP contribution < -0.4 is 10.5 Å². The van der Waals surface area contributed by atoms with E-state index in [1.54, 1.807) is 29.7 Å². The Balaban J connectivity index is 1.85. The highest BCUT2D eigenvalue weighted by Gasteiger charge is 2.28. The first kappa shape index (κ1) is 21.5. The van der Waals surface area contributed by atoms with Crippen molar-refractivity contribution < 1.29 is 13.9 Å². The van der Waals surface area contributed by atoms with Crippen molar-refractivity contribution in [3.8, 4) is 34.3 Å². The molecule has 3 aromatic rings. The first-order chi connectivity index (χ1) is 15.4. The van der Waals surface area contributed by atoms with Crippen molar-refractivity contribution in [1.82, 2.24) is 14.5 Å². The van der Waals surface area contributed by atoms with Crippen LogP contribution in [0.1, 0.15) is 29.0 Å². The Morgan fingerprint density at radius 3 is 2.59 bits per heavy atom. The summed E-state index contributed by atoms with van der Waals surface area (Å²) in [5.74, 6) is 0.106. The minimum absolute atomic E-state index is 0.0470. The Labute approximate surface area is 185 Å². The molecule has 1 amide bonds. The lowest BCUT2D eigenvalue weighted by Crippen LogP contribution is -2.46. The summed E-state index contributed by atoms with van der Waals surface area (Å²) < 4.78 is 21.4. The second-order valence-corrected chi connectivity index (χ2v) is 7.88. The molecule has 2 aromatic carbocycles. The lowest BCUT2D eigenvalue weighted by Gasteiger charge is -2.30. The molecule has 1 aliphatic heterocycles. The van der Waals surface area contributed by atoms with E-state index in [0.717, 1.165) is 18.4 Å². The van der Waals surface area contributed by atoms with Gasteiger partial charge in [0.1, 0.15) is 17.6 Å². The third kappa shape index (κ3) is 3.95. The number of halogens is 1. The molecule has 0 aliphatic carbocycles. The molecule has 0 unspecified atom stereocenters. The van der Waals surface area contributed by atoms with Gasteiger partial charge in [-0.15, -0.1) is 0 Å². The molecule has 164 valence electrons. The quantitative estimate of drug-likeness (QED) is 0.681. The summed E-state index contributed by atoms with van der Waals surface area (Å²) in [6.45, 7) is 1.10. The number of rotatable bonds is 4. The molecule has 8 heteroatoms. The molecule has 0 saturated carbocycles. The monoisotopic (exact) mass is 433 g/mol. The van der Waals surface area contributed by atoms with Crippen LogP contribution in [0.4, 0.5) is 4.39 Å². The van der Waals surface area contributed by atoms with E-state index in [9.17, 15) is 9.18 Å². The maximum Gasteiger partial charge on any atom is 0.289 e. The molecular formula is C24H24FN5O2. The number of benzene rings is 2. The number of aromatic nitrogens is 2. The standard InChI is InChI=1S/C24H24FN5O2/c1-29-22(15-7-9-19(32-2)10-8-15)21(16-5-6-17(13-26)20(25)12-16)28-23(29)24(31)30-11-3-4-18(27)14-30/h5-10,12,18H,3-4,11,14,27H2,1-2H3/t18-/m1/s1. The van der Waals surface area contributed by atoms with Gasteiger partial charge in [-0.1, -0.05) is 6.07 Å². The van der Waals surface area contributed by atoms with Crippen molar-refractivity contribution in [3.05, 3.63) is 59.7 Å². The molecule has 0 bridgehead atoms. The van der Waals surface area contributed by atoms with Gasteiger partial charge in [0, 0.05) is 37.3 Å². The molecule has 2 N–H and O–H groups in total. The molecule has 1 atom stereocenters. The van der Waals surface area contributed by atoms with Crippen LogP contribution in [0.5, 0.6) is 5.75 Å². The van der Waals surface area contributed by atoms with Gasteiger partial charge >= 0.3 is 0 Å².